The van der Waals surface area contributed by atoms with Crippen molar-refractivity contribution < 1.29 is 4.79 Å². The molecule has 0 saturated heterocycles. The minimum absolute atomic E-state index is 0.00720. The van der Waals surface area contributed by atoms with E-state index in [-0.39, 0.29) is 18.0 Å². The van der Waals surface area contributed by atoms with E-state index in [0.29, 0.717) is 6.54 Å². The third-order valence-electron chi connectivity index (χ3n) is 4.18. The molecule has 0 radical (unpaired) electrons. The van der Waals surface area contributed by atoms with Gasteiger partial charge < -0.3 is 21.4 Å². The standard InChI is InChI=1S/C17H26N4O/c1-11(12(2)20-16(22)21-17(3,4)10-18)14-9-19-15-8-6-5-7-13(14)15/h5-9,11-12,19H,10,18H2,1-4H3,(H2,20,21,22)/t11-,12?/m0/s1. The van der Waals surface area contributed by atoms with Gasteiger partial charge in [0.25, 0.3) is 0 Å². The predicted molar refractivity (Wildman–Crippen MR) is 91.0 cm³/mol. The van der Waals surface area contributed by atoms with Crippen molar-refractivity contribution in [2.45, 2.75) is 45.2 Å². The maximum absolute atomic E-state index is 12.1. The lowest BCUT2D eigenvalue weighted by Crippen LogP contribution is -2.54. The number of rotatable bonds is 5. The second-order valence-electron chi connectivity index (χ2n) is 6.55. The van der Waals surface area contributed by atoms with Gasteiger partial charge in [-0.2, -0.15) is 0 Å². The van der Waals surface area contributed by atoms with Crippen LogP contribution in [-0.4, -0.2) is 29.1 Å². The molecule has 0 fully saturated rings. The van der Waals surface area contributed by atoms with Gasteiger partial charge in [-0.1, -0.05) is 25.1 Å². The van der Waals surface area contributed by atoms with Crippen molar-refractivity contribution >= 4 is 16.9 Å². The number of hydrogen-bond donors (Lipinski definition) is 4. The van der Waals surface area contributed by atoms with Gasteiger partial charge in [0.1, 0.15) is 0 Å². The van der Waals surface area contributed by atoms with Crippen molar-refractivity contribution in [2.75, 3.05) is 6.54 Å². The number of benzene rings is 1. The summed E-state index contributed by atoms with van der Waals surface area (Å²) in [5.74, 6) is 0.197. The topological polar surface area (TPSA) is 82.9 Å². The number of nitrogens with one attached hydrogen (secondary N) is 3. The zero-order valence-electron chi connectivity index (χ0n) is 13.7. The Morgan fingerprint density at radius 2 is 2.00 bits per heavy atom. The highest BCUT2D eigenvalue weighted by molar-refractivity contribution is 5.84. The third kappa shape index (κ3) is 3.60. The first-order valence-electron chi connectivity index (χ1n) is 7.69. The molecule has 2 aromatic rings. The van der Waals surface area contributed by atoms with E-state index in [1.165, 1.54) is 10.9 Å². The van der Waals surface area contributed by atoms with Crippen molar-refractivity contribution in [1.82, 2.24) is 15.6 Å². The van der Waals surface area contributed by atoms with Gasteiger partial charge in [-0.25, -0.2) is 4.79 Å². The molecule has 1 heterocycles. The van der Waals surface area contributed by atoms with Crippen LogP contribution in [0.5, 0.6) is 0 Å². The van der Waals surface area contributed by atoms with Gasteiger partial charge in [-0.05, 0) is 32.4 Å². The van der Waals surface area contributed by atoms with Gasteiger partial charge in [0, 0.05) is 41.1 Å². The van der Waals surface area contributed by atoms with Crippen molar-refractivity contribution in [1.29, 1.82) is 0 Å². The molecule has 1 unspecified atom stereocenters. The zero-order valence-corrected chi connectivity index (χ0v) is 13.7. The number of nitrogens with two attached hydrogens (primary N) is 1. The lowest BCUT2D eigenvalue weighted by Gasteiger charge is -2.27. The molecule has 0 spiro atoms. The molecule has 1 aromatic carbocycles. The number of urea groups is 1. The van der Waals surface area contributed by atoms with Crippen LogP contribution in [0.2, 0.25) is 0 Å². The lowest BCUT2D eigenvalue weighted by atomic mass is 9.94. The van der Waals surface area contributed by atoms with Crippen LogP contribution in [0.3, 0.4) is 0 Å². The van der Waals surface area contributed by atoms with E-state index in [0.717, 1.165) is 5.52 Å². The molecule has 5 N–H and O–H groups in total. The number of carbonyl (C=O) groups excluding carboxylic acids is 1. The highest BCUT2D eigenvalue weighted by Gasteiger charge is 2.22. The number of hydrogen-bond acceptors (Lipinski definition) is 2. The van der Waals surface area contributed by atoms with E-state index in [2.05, 4.69) is 34.7 Å². The molecular formula is C17H26N4O. The Morgan fingerprint density at radius 1 is 1.32 bits per heavy atom. The van der Waals surface area contributed by atoms with E-state index < -0.39 is 5.54 Å². The second kappa shape index (κ2) is 6.40. The first-order valence-corrected chi connectivity index (χ1v) is 7.69. The van der Waals surface area contributed by atoms with Crippen LogP contribution in [0.4, 0.5) is 4.79 Å². The Kier molecular flexibility index (Phi) is 4.76. The number of amides is 2. The Bertz CT molecular complexity index is 647. The molecule has 1 aromatic heterocycles. The molecule has 0 bridgehead atoms. The summed E-state index contributed by atoms with van der Waals surface area (Å²) in [6.45, 7) is 8.34. The molecule has 120 valence electrons. The molecule has 2 amide bonds. The minimum Gasteiger partial charge on any atom is -0.361 e. The predicted octanol–water partition coefficient (Wildman–Crippen LogP) is 2.70. The normalized spacial score (nSPS) is 14.6. The number of fused-ring (bicyclic) bond motifs is 1. The van der Waals surface area contributed by atoms with Crippen molar-refractivity contribution in [3.63, 3.8) is 0 Å². The van der Waals surface area contributed by atoms with Crippen LogP contribution < -0.4 is 16.4 Å². The summed E-state index contributed by atoms with van der Waals surface area (Å²) in [4.78, 5) is 15.4. The summed E-state index contributed by atoms with van der Waals surface area (Å²) >= 11 is 0. The number of carbonyl (C=O) groups is 1. The number of aromatic amines is 1. The van der Waals surface area contributed by atoms with Gasteiger partial charge in [0.2, 0.25) is 0 Å². The van der Waals surface area contributed by atoms with Gasteiger partial charge in [0.15, 0.2) is 0 Å². The van der Waals surface area contributed by atoms with Gasteiger partial charge in [0.05, 0.1) is 0 Å². The van der Waals surface area contributed by atoms with E-state index in [4.69, 9.17) is 5.73 Å². The van der Waals surface area contributed by atoms with Gasteiger partial charge in [-0.3, -0.25) is 0 Å². The van der Waals surface area contributed by atoms with Crippen LogP contribution in [0.15, 0.2) is 30.5 Å². The van der Waals surface area contributed by atoms with Crippen molar-refractivity contribution in [3.8, 4) is 0 Å². The fraction of sp³-hybridized carbons (Fsp3) is 0.471. The number of H-pyrrole nitrogens is 1. The molecule has 5 nitrogen and oxygen atoms in total. The first kappa shape index (κ1) is 16.4. The Morgan fingerprint density at radius 3 is 2.68 bits per heavy atom. The van der Waals surface area contributed by atoms with E-state index in [1.54, 1.807) is 0 Å². The Labute approximate surface area is 131 Å². The van der Waals surface area contributed by atoms with Crippen LogP contribution >= 0.6 is 0 Å². The monoisotopic (exact) mass is 302 g/mol. The molecule has 0 aliphatic rings. The van der Waals surface area contributed by atoms with Crippen LogP contribution in [0, 0.1) is 0 Å². The molecule has 0 saturated carbocycles. The highest BCUT2D eigenvalue weighted by Crippen LogP contribution is 2.27. The molecule has 0 aliphatic carbocycles. The molecule has 5 heteroatoms. The Balaban J connectivity index is 2.06. The average molecular weight is 302 g/mol. The van der Waals surface area contributed by atoms with Gasteiger partial charge in [-0.15, -0.1) is 0 Å². The van der Waals surface area contributed by atoms with Crippen molar-refractivity contribution in [2.24, 2.45) is 5.73 Å². The second-order valence-corrected chi connectivity index (χ2v) is 6.55. The third-order valence-corrected chi connectivity index (χ3v) is 4.18. The van der Waals surface area contributed by atoms with E-state index in [9.17, 15) is 4.79 Å². The molecular weight excluding hydrogens is 276 g/mol. The van der Waals surface area contributed by atoms with Crippen LogP contribution in [-0.2, 0) is 0 Å². The van der Waals surface area contributed by atoms with Gasteiger partial charge >= 0.3 is 6.03 Å². The molecule has 0 aliphatic heterocycles. The van der Waals surface area contributed by atoms with E-state index in [1.807, 2.05) is 39.1 Å². The summed E-state index contributed by atoms with van der Waals surface area (Å²) in [5.41, 5.74) is 7.55. The minimum atomic E-state index is -0.409. The average Bonchev–Trinajstić information content (AvgIpc) is 2.89. The molecule has 2 atom stereocenters. The largest absolute Gasteiger partial charge is 0.361 e. The maximum atomic E-state index is 12.1. The summed E-state index contributed by atoms with van der Waals surface area (Å²) in [7, 11) is 0. The summed E-state index contributed by atoms with van der Waals surface area (Å²) in [6, 6.07) is 8.02. The highest BCUT2D eigenvalue weighted by atomic mass is 16.2. The molecule has 2 rings (SSSR count). The summed E-state index contributed by atoms with van der Waals surface area (Å²) < 4.78 is 0. The number of para-hydroxylation sites is 1. The summed E-state index contributed by atoms with van der Waals surface area (Å²) in [5, 5.41) is 7.10. The first-order chi connectivity index (χ1) is 10.3. The fourth-order valence-electron chi connectivity index (χ4n) is 2.47. The van der Waals surface area contributed by atoms with E-state index >= 15 is 0 Å². The Hall–Kier alpha value is -2.01. The van der Waals surface area contributed by atoms with Crippen LogP contribution in [0.1, 0.15) is 39.2 Å². The van der Waals surface area contributed by atoms with Crippen molar-refractivity contribution in [3.05, 3.63) is 36.0 Å². The SMILES string of the molecule is CC(NC(=O)NC(C)(C)CN)[C@H](C)c1c[nH]c2ccccc12. The maximum Gasteiger partial charge on any atom is 0.315 e. The summed E-state index contributed by atoms with van der Waals surface area (Å²) in [6.07, 6.45) is 2.02. The lowest BCUT2D eigenvalue weighted by molar-refractivity contribution is 0.226. The quantitative estimate of drug-likeness (QED) is 0.685. The van der Waals surface area contributed by atoms with Crippen LogP contribution in [0.25, 0.3) is 10.9 Å². The molecule has 22 heavy (non-hydrogen) atoms. The smallest absolute Gasteiger partial charge is 0.315 e. The fourth-order valence-corrected chi connectivity index (χ4v) is 2.47. The zero-order chi connectivity index (χ0) is 16.3. The number of aromatic nitrogens is 1.